The van der Waals surface area contributed by atoms with E-state index in [0.717, 1.165) is 37.1 Å². The average molecular weight is 220 g/mol. The summed E-state index contributed by atoms with van der Waals surface area (Å²) >= 11 is 0. The second-order valence-electron chi connectivity index (χ2n) is 4.59. The number of rotatable bonds is 3. The summed E-state index contributed by atoms with van der Waals surface area (Å²) in [4.78, 5) is 11.2. The van der Waals surface area contributed by atoms with E-state index in [9.17, 15) is 0 Å². The molecule has 1 fully saturated rings. The molecule has 1 atom stereocenters. The molecule has 0 amide bonds. The Morgan fingerprint density at radius 2 is 2.38 bits per heavy atom. The van der Waals surface area contributed by atoms with Crippen molar-refractivity contribution in [2.75, 3.05) is 25.0 Å². The van der Waals surface area contributed by atoms with Crippen LogP contribution < -0.4 is 10.2 Å². The molecule has 88 valence electrons. The van der Waals surface area contributed by atoms with Gasteiger partial charge in [0.05, 0.1) is 11.9 Å². The van der Waals surface area contributed by atoms with E-state index in [2.05, 4.69) is 27.1 Å². The normalized spacial score (nSPS) is 21.1. The standard InChI is InChI=1S/C12H20N4/c1-10-4-3-5-16(9-10)12-8-14-7-11(15-12)6-13-2/h7-8,10,13H,3-6,9H2,1-2H3. The number of piperidine rings is 1. The fourth-order valence-electron chi connectivity index (χ4n) is 2.21. The number of hydrogen-bond acceptors (Lipinski definition) is 4. The van der Waals surface area contributed by atoms with Crippen molar-refractivity contribution in [3.63, 3.8) is 0 Å². The third-order valence-corrected chi connectivity index (χ3v) is 3.01. The maximum Gasteiger partial charge on any atom is 0.147 e. The van der Waals surface area contributed by atoms with Gasteiger partial charge in [0.25, 0.3) is 0 Å². The van der Waals surface area contributed by atoms with Gasteiger partial charge in [0.1, 0.15) is 5.82 Å². The van der Waals surface area contributed by atoms with Gasteiger partial charge in [-0.25, -0.2) is 4.98 Å². The van der Waals surface area contributed by atoms with E-state index in [1.807, 2.05) is 19.4 Å². The minimum atomic E-state index is 0.767. The van der Waals surface area contributed by atoms with Gasteiger partial charge in [-0.2, -0.15) is 0 Å². The van der Waals surface area contributed by atoms with E-state index in [0.29, 0.717) is 0 Å². The Morgan fingerprint density at radius 3 is 3.12 bits per heavy atom. The van der Waals surface area contributed by atoms with Crippen LogP contribution in [-0.2, 0) is 6.54 Å². The number of anilines is 1. The molecule has 1 unspecified atom stereocenters. The van der Waals surface area contributed by atoms with Gasteiger partial charge < -0.3 is 10.2 Å². The van der Waals surface area contributed by atoms with Crippen molar-refractivity contribution in [1.82, 2.24) is 15.3 Å². The maximum atomic E-state index is 4.62. The minimum Gasteiger partial charge on any atom is -0.355 e. The molecule has 0 bridgehead atoms. The Hall–Kier alpha value is -1.16. The molecule has 2 rings (SSSR count). The first-order chi connectivity index (χ1) is 7.79. The van der Waals surface area contributed by atoms with Gasteiger partial charge in [-0.1, -0.05) is 6.92 Å². The molecule has 1 aliphatic heterocycles. The zero-order chi connectivity index (χ0) is 11.4. The lowest BCUT2D eigenvalue weighted by Gasteiger charge is -2.31. The lowest BCUT2D eigenvalue weighted by atomic mass is 10.0. The van der Waals surface area contributed by atoms with E-state index in [4.69, 9.17) is 0 Å². The fourth-order valence-corrected chi connectivity index (χ4v) is 2.21. The number of aromatic nitrogens is 2. The molecule has 16 heavy (non-hydrogen) atoms. The number of nitrogens with one attached hydrogen (secondary N) is 1. The van der Waals surface area contributed by atoms with Crippen molar-refractivity contribution < 1.29 is 0 Å². The van der Waals surface area contributed by atoms with E-state index in [1.54, 1.807) is 0 Å². The highest BCUT2D eigenvalue weighted by atomic mass is 15.2. The molecule has 1 N–H and O–H groups in total. The van der Waals surface area contributed by atoms with Crippen molar-refractivity contribution in [2.45, 2.75) is 26.3 Å². The van der Waals surface area contributed by atoms with Crippen LogP contribution in [0.1, 0.15) is 25.5 Å². The second kappa shape index (κ2) is 5.25. The van der Waals surface area contributed by atoms with Crippen LogP contribution >= 0.6 is 0 Å². The molecule has 1 aliphatic rings. The summed E-state index contributed by atoms with van der Waals surface area (Å²) in [5.74, 6) is 1.79. The van der Waals surface area contributed by atoms with Crippen molar-refractivity contribution in [3.05, 3.63) is 18.1 Å². The zero-order valence-corrected chi connectivity index (χ0v) is 10.1. The third kappa shape index (κ3) is 2.70. The van der Waals surface area contributed by atoms with Crippen LogP contribution in [0.15, 0.2) is 12.4 Å². The smallest absolute Gasteiger partial charge is 0.147 e. The van der Waals surface area contributed by atoms with Crippen LogP contribution in [-0.4, -0.2) is 30.1 Å². The number of hydrogen-bond donors (Lipinski definition) is 1. The molecule has 1 aromatic heterocycles. The first-order valence-corrected chi connectivity index (χ1v) is 6.00. The Kier molecular flexibility index (Phi) is 3.72. The lowest BCUT2D eigenvalue weighted by Crippen LogP contribution is -2.35. The summed E-state index contributed by atoms with van der Waals surface area (Å²) in [7, 11) is 1.93. The van der Waals surface area contributed by atoms with Gasteiger partial charge in [-0.15, -0.1) is 0 Å². The van der Waals surface area contributed by atoms with Crippen molar-refractivity contribution >= 4 is 5.82 Å². The Morgan fingerprint density at radius 1 is 1.50 bits per heavy atom. The van der Waals surface area contributed by atoms with E-state index >= 15 is 0 Å². The van der Waals surface area contributed by atoms with Crippen molar-refractivity contribution in [1.29, 1.82) is 0 Å². The summed E-state index contributed by atoms with van der Waals surface area (Å²) < 4.78 is 0. The first-order valence-electron chi connectivity index (χ1n) is 6.00. The quantitative estimate of drug-likeness (QED) is 0.836. The summed E-state index contributed by atoms with van der Waals surface area (Å²) in [6.45, 7) is 5.31. The fraction of sp³-hybridized carbons (Fsp3) is 0.667. The van der Waals surface area contributed by atoms with Gasteiger partial charge in [-0.05, 0) is 25.8 Å². The molecular formula is C12H20N4. The molecule has 1 aromatic rings. The van der Waals surface area contributed by atoms with Gasteiger partial charge in [0.2, 0.25) is 0 Å². The largest absolute Gasteiger partial charge is 0.355 e. The average Bonchev–Trinajstić information content (AvgIpc) is 2.30. The Bertz CT molecular complexity index is 340. The molecule has 0 saturated carbocycles. The minimum absolute atomic E-state index is 0.767. The van der Waals surface area contributed by atoms with Gasteiger partial charge in [-0.3, -0.25) is 4.98 Å². The summed E-state index contributed by atoms with van der Waals surface area (Å²) in [6, 6.07) is 0. The van der Waals surface area contributed by atoms with Gasteiger partial charge in [0, 0.05) is 25.8 Å². The topological polar surface area (TPSA) is 41.1 Å². The highest BCUT2D eigenvalue weighted by molar-refractivity contribution is 5.36. The first kappa shape index (κ1) is 11.3. The van der Waals surface area contributed by atoms with Crippen LogP contribution in [0.25, 0.3) is 0 Å². The predicted octanol–water partition coefficient (Wildman–Crippen LogP) is 1.43. The molecular weight excluding hydrogens is 200 g/mol. The van der Waals surface area contributed by atoms with E-state index in [1.165, 1.54) is 12.8 Å². The van der Waals surface area contributed by atoms with Crippen LogP contribution in [0, 0.1) is 5.92 Å². The summed E-state index contributed by atoms with van der Waals surface area (Å²) in [6.07, 6.45) is 6.30. The van der Waals surface area contributed by atoms with Gasteiger partial charge in [0.15, 0.2) is 0 Å². The number of nitrogens with zero attached hydrogens (tertiary/aromatic N) is 3. The molecule has 4 nitrogen and oxygen atoms in total. The van der Waals surface area contributed by atoms with Crippen LogP contribution in [0.2, 0.25) is 0 Å². The van der Waals surface area contributed by atoms with Crippen molar-refractivity contribution in [3.8, 4) is 0 Å². The molecule has 0 radical (unpaired) electrons. The van der Waals surface area contributed by atoms with Crippen LogP contribution in [0.3, 0.4) is 0 Å². The zero-order valence-electron chi connectivity index (χ0n) is 10.1. The molecule has 2 heterocycles. The molecule has 0 aromatic carbocycles. The SMILES string of the molecule is CNCc1cncc(N2CCCC(C)C2)n1. The van der Waals surface area contributed by atoms with Gasteiger partial charge >= 0.3 is 0 Å². The Labute approximate surface area is 97.1 Å². The molecule has 4 heteroatoms. The third-order valence-electron chi connectivity index (χ3n) is 3.01. The Balaban J connectivity index is 2.09. The molecule has 0 spiro atoms. The lowest BCUT2D eigenvalue weighted by molar-refractivity contribution is 0.444. The van der Waals surface area contributed by atoms with Crippen LogP contribution in [0.5, 0.6) is 0 Å². The molecule has 0 aliphatic carbocycles. The van der Waals surface area contributed by atoms with E-state index < -0.39 is 0 Å². The maximum absolute atomic E-state index is 4.62. The summed E-state index contributed by atoms with van der Waals surface area (Å²) in [5, 5.41) is 3.10. The second-order valence-corrected chi connectivity index (χ2v) is 4.59. The van der Waals surface area contributed by atoms with E-state index in [-0.39, 0.29) is 0 Å². The highest BCUT2D eigenvalue weighted by Crippen LogP contribution is 2.20. The monoisotopic (exact) mass is 220 g/mol. The predicted molar refractivity (Wildman–Crippen MR) is 65.4 cm³/mol. The highest BCUT2D eigenvalue weighted by Gasteiger charge is 2.17. The summed E-state index contributed by atoms with van der Waals surface area (Å²) in [5.41, 5.74) is 1.01. The van der Waals surface area contributed by atoms with Crippen LogP contribution in [0.4, 0.5) is 5.82 Å². The molecule has 1 saturated heterocycles. The van der Waals surface area contributed by atoms with Crippen molar-refractivity contribution in [2.24, 2.45) is 5.92 Å².